The van der Waals surface area contributed by atoms with Gasteiger partial charge >= 0.3 is 6.36 Å². The van der Waals surface area contributed by atoms with Crippen molar-refractivity contribution in [2.24, 2.45) is 0 Å². The number of benzene rings is 1. The molecule has 3 aromatic rings. The number of imidazole rings is 1. The van der Waals surface area contributed by atoms with Gasteiger partial charge in [0.2, 0.25) is 0 Å². The fourth-order valence-corrected chi connectivity index (χ4v) is 3.25. The summed E-state index contributed by atoms with van der Waals surface area (Å²) in [6.45, 7) is 4.49. The SMILES string of the molecule is COc1cc(OCCN2CCOCC2)cnc1-c1nc2ccc(OC(F)(F)F)cc2[nH]1.Cl.Cl. The minimum Gasteiger partial charge on any atom is -0.494 e. The average Bonchev–Trinajstić information content (AvgIpc) is 3.16. The van der Waals surface area contributed by atoms with Crippen molar-refractivity contribution >= 4 is 35.8 Å². The highest BCUT2D eigenvalue weighted by molar-refractivity contribution is 5.85. The van der Waals surface area contributed by atoms with Crippen LogP contribution in [0.5, 0.6) is 17.2 Å². The first kappa shape index (κ1) is 26.8. The monoisotopic (exact) mass is 510 g/mol. The molecule has 0 amide bonds. The predicted octanol–water partition coefficient (Wildman–Crippen LogP) is 4.09. The van der Waals surface area contributed by atoms with Gasteiger partial charge in [-0.15, -0.1) is 38.0 Å². The summed E-state index contributed by atoms with van der Waals surface area (Å²) in [6, 6.07) is 5.57. The Morgan fingerprint density at radius 3 is 2.58 bits per heavy atom. The van der Waals surface area contributed by atoms with Crippen LogP contribution in [0.4, 0.5) is 13.2 Å². The molecule has 1 aliphatic heterocycles. The fourth-order valence-electron chi connectivity index (χ4n) is 3.25. The Bertz CT molecular complexity index is 1050. The first-order chi connectivity index (χ1) is 14.9. The largest absolute Gasteiger partial charge is 0.573 e. The van der Waals surface area contributed by atoms with Crippen LogP contribution in [0.25, 0.3) is 22.6 Å². The summed E-state index contributed by atoms with van der Waals surface area (Å²) < 4.78 is 57.8. The smallest absolute Gasteiger partial charge is 0.494 e. The molecule has 1 fully saturated rings. The number of nitrogens with zero attached hydrogens (tertiary/aromatic N) is 3. The fraction of sp³-hybridized carbons (Fsp3) is 0.400. The third kappa shape index (κ3) is 7.00. The van der Waals surface area contributed by atoms with E-state index in [4.69, 9.17) is 14.2 Å². The number of rotatable bonds is 7. The van der Waals surface area contributed by atoms with Crippen molar-refractivity contribution in [2.75, 3.05) is 46.6 Å². The second-order valence-electron chi connectivity index (χ2n) is 6.84. The molecule has 0 spiro atoms. The van der Waals surface area contributed by atoms with Gasteiger partial charge < -0.3 is 23.9 Å². The summed E-state index contributed by atoms with van der Waals surface area (Å²) >= 11 is 0. The molecule has 2 aromatic heterocycles. The molecule has 1 aliphatic rings. The Morgan fingerprint density at radius 2 is 1.88 bits per heavy atom. The van der Waals surface area contributed by atoms with E-state index in [9.17, 15) is 13.2 Å². The molecule has 1 saturated heterocycles. The van der Waals surface area contributed by atoms with Crippen LogP contribution in [-0.4, -0.2) is 72.8 Å². The molecule has 13 heteroatoms. The molecule has 0 saturated carbocycles. The summed E-state index contributed by atoms with van der Waals surface area (Å²) in [7, 11) is 1.50. The van der Waals surface area contributed by atoms with Gasteiger partial charge in [0.1, 0.15) is 23.8 Å². The van der Waals surface area contributed by atoms with E-state index in [-0.39, 0.29) is 30.6 Å². The van der Waals surface area contributed by atoms with E-state index in [1.807, 2.05) is 0 Å². The maximum absolute atomic E-state index is 12.4. The average molecular weight is 511 g/mol. The van der Waals surface area contributed by atoms with Crippen LogP contribution in [0, 0.1) is 0 Å². The van der Waals surface area contributed by atoms with Gasteiger partial charge in [-0.1, -0.05) is 0 Å². The van der Waals surface area contributed by atoms with Crippen LogP contribution in [0.3, 0.4) is 0 Å². The number of fused-ring (bicyclic) bond motifs is 1. The van der Waals surface area contributed by atoms with Crippen LogP contribution in [-0.2, 0) is 4.74 Å². The van der Waals surface area contributed by atoms with Crippen LogP contribution in [0.2, 0.25) is 0 Å². The number of H-pyrrole nitrogens is 1. The Balaban J connectivity index is 0.00000193. The lowest BCUT2D eigenvalue weighted by atomic mass is 10.3. The first-order valence-electron chi connectivity index (χ1n) is 9.64. The number of hydrogen-bond donors (Lipinski definition) is 1. The number of alkyl halides is 3. The number of ether oxygens (including phenoxy) is 4. The summed E-state index contributed by atoms with van der Waals surface area (Å²) in [5, 5.41) is 0. The molecule has 182 valence electrons. The Hall–Kier alpha value is -2.47. The third-order valence-corrected chi connectivity index (χ3v) is 4.74. The molecular weight excluding hydrogens is 488 g/mol. The van der Waals surface area contributed by atoms with E-state index >= 15 is 0 Å². The zero-order valence-corrected chi connectivity index (χ0v) is 19.2. The van der Waals surface area contributed by atoms with E-state index in [2.05, 4.69) is 24.6 Å². The second-order valence-corrected chi connectivity index (χ2v) is 6.84. The molecule has 0 radical (unpaired) electrons. The summed E-state index contributed by atoms with van der Waals surface area (Å²) in [5.41, 5.74) is 1.27. The van der Waals surface area contributed by atoms with Crippen molar-refractivity contribution < 1.29 is 32.1 Å². The van der Waals surface area contributed by atoms with Crippen molar-refractivity contribution in [3.8, 4) is 28.8 Å². The molecule has 0 atom stereocenters. The van der Waals surface area contributed by atoms with Crippen LogP contribution in [0.1, 0.15) is 0 Å². The lowest BCUT2D eigenvalue weighted by Crippen LogP contribution is -2.38. The topological polar surface area (TPSA) is 81.7 Å². The standard InChI is InChI=1S/C20H21F3N4O4.2ClH/c1-28-17-11-14(30-9-6-27-4-7-29-8-5-27)12-24-18(17)19-25-15-3-2-13(10-16(15)26-19)31-20(21,22)23;;/h2-3,10-12H,4-9H2,1H3,(H,25,26);2*1H. The molecule has 3 heterocycles. The molecule has 0 unspecified atom stereocenters. The lowest BCUT2D eigenvalue weighted by Gasteiger charge is -2.26. The molecule has 1 N–H and O–H groups in total. The van der Waals surface area contributed by atoms with Gasteiger partial charge in [0, 0.05) is 31.8 Å². The van der Waals surface area contributed by atoms with Gasteiger partial charge in [-0.05, 0) is 12.1 Å². The zero-order valence-electron chi connectivity index (χ0n) is 17.6. The van der Waals surface area contributed by atoms with Crippen molar-refractivity contribution in [3.63, 3.8) is 0 Å². The van der Waals surface area contributed by atoms with E-state index in [1.54, 1.807) is 12.3 Å². The second kappa shape index (κ2) is 11.6. The van der Waals surface area contributed by atoms with E-state index < -0.39 is 6.36 Å². The number of hydrogen-bond acceptors (Lipinski definition) is 7. The molecule has 8 nitrogen and oxygen atoms in total. The first-order valence-corrected chi connectivity index (χ1v) is 9.64. The minimum atomic E-state index is -4.76. The third-order valence-electron chi connectivity index (χ3n) is 4.74. The molecule has 1 aromatic carbocycles. The number of halogens is 5. The Morgan fingerprint density at radius 1 is 1.12 bits per heavy atom. The lowest BCUT2D eigenvalue weighted by molar-refractivity contribution is -0.274. The predicted molar refractivity (Wildman–Crippen MR) is 120 cm³/mol. The quantitative estimate of drug-likeness (QED) is 0.512. The Labute approximate surface area is 200 Å². The van der Waals surface area contributed by atoms with E-state index in [0.29, 0.717) is 40.7 Å². The maximum atomic E-state index is 12.4. The maximum Gasteiger partial charge on any atom is 0.573 e. The molecular formula is C20H23Cl2F3N4O4. The number of nitrogens with one attached hydrogen (secondary N) is 1. The highest BCUT2D eigenvalue weighted by Gasteiger charge is 2.31. The van der Waals surface area contributed by atoms with Crippen LogP contribution in [0.15, 0.2) is 30.5 Å². The van der Waals surface area contributed by atoms with Gasteiger partial charge in [-0.2, -0.15) is 0 Å². The molecule has 0 aliphatic carbocycles. The molecule has 4 rings (SSSR count). The van der Waals surface area contributed by atoms with Crippen molar-refractivity contribution in [1.82, 2.24) is 19.9 Å². The number of aromatic nitrogens is 3. The van der Waals surface area contributed by atoms with Gasteiger partial charge in [-0.3, -0.25) is 4.90 Å². The number of methoxy groups -OCH3 is 1. The normalized spacial score (nSPS) is 14.3. The number of morpholine rings is 1. The van der Waals surface area contributed by atoms with E-state index in [0.717, 1.165) is 32.8 Å². The highest BCUT2D eigenvalue weighted by Crippen LogP contribution is 2.32. The van der Waals surface area contributed by atoms with E-state index in [1.165, 1.54) is 25.3 Å². The van der Waals surface area contributed by atoms with Crippen LogP contribution < -0.4 is 14.2 Å². The summed E-state index contributed by atoms with van der Waals surface area (Å²) in [6.07, 6.45) is -3.21. The highest BCUT2D eigenvalue weighted by atomic mass is 35.5. The van der Waals surface area contributed by atoms with Gasteiger partial charge in [0.25, 0.3) is 0 Å². The summed E-state index contributed by atoms with van der Waals surface area (Å²) in [4.78, 5) is 14.0. The van der Waals surface area contributed by atoms with Crippen LogP contribution >= 0.6 is 24.8 Å². The zero-order chi connectivity index (χ0) is 21.8. The summed E-state index contributed by atoms with van der Waals surface area (Å²) in [5.74, 6) is 0.996. The van der Waals surface area contributed by atoms with Gasteiger partial charge in [0.05, 0.1) is 37.6 Å². The molecule has 33 heavy (non-hydrogen) atoms. The van der Waals surface area contributed by atoms with Gasteiger partial charge in [-0.25, -0.2) is 9.97 Å². The van der Waals surface area contributed by atoms with Crippen molar-refractivity contribution in [1.29, 1.82) is 0 Å². The number of pyridine rings is 1. The number of aromatic amines is 1. The Kier molecular flexibility index (Phi) is 9.41. The van der Waals surface area contributed by atoms with Crippen molar-refractivity contribution in [3.05, 3.63) is 30.5 Å². The minimum absolute atomic E-state index is 0. The van der Waals surface area contributed by atoms with Gasteiger partial charge in [0.15, 0.2) is 11.6 Å². The van der Waals surface area contributed by atoms with Crippen molar-refractivity contribution in [2.45, 2.75) is 6.36 Å². The molecule has 0 bridgehead atoms.